The summed E-state index contributed by atoms with van der Waals surface area (Å²) in [7, 11) is 0. The van der Waals surface area contributed by atoms with Crippen LogP contribution in [-0.2, 0) is 16.1 Å². The van der Waals surface area contributed by atoms with Gasteiger partial charge >= 0.3 is 17.7 Å². The predicted octanol–water partition coefficient (Wildman–Crippen LogP) is 4.27. The van der Waals surface area contributed by atoms with Gasteiger partial charge in [0.2, 0.25) is 0 Å². The van der Waals surface area contributed by atoms with Crippen molar-refractivity contribution in [2.24, 2.45) is 0 Å². The minimum absolute atomic E-state index is 0.139. The van der Waals surface area contributed by atoms with Crippen LogP contribution in [0.15, 0.2) is 69.9 Å². The molecule has 0 unspecified atom stereocenters. The van der Waals surface area contributed by atoms with Crippen LogP contribution in [0.2, 0.25) is 0 Å². The predicted molar refractivity (Wildman–Crippen MR) is 114 cm³/mol. The van der Waals surface area contributed by atoms with Crippen LogP contribution < -0.4 is 10.9 Å². The lowest BCUT2D eigenvalue weighted by Gasteiger charge is -2.09. The third-order valence-electron chi connectivity index (χ3n) is 4.52. The Morgan fingerprint density at radius 2 is 1.87 bits per heavy atom. The zero-order valence-electron chi connectivity index (χ0n) is 16.6. The second-order valence-electron chi connectivity index (χ2n) is 6.61. The Morgan fingerprint density at radius 3 is 2.71 bits per heavy atom. The molecule has 2 aromatic heterocycles. The van der Waals surface area contributed by atoms with Crippen LogP contribution in [0.25, 0.3) is 21.9 Å². The first-order chi connectivity index (χ1) is 15.0. The van der Waals surface area contributed by atoms with Gasteiger partial charge in [0.05, 0.1) is 12.1 Å². The summed E-state index contributed by atoms with van der Waals surface area (Å²) in [5, 5.41) is 4.04. The largest absolute Gasteiger partial charge is 0.456 e. The zero-order chi connectivity index (χ0) is 21.8. The molecule has 0 spiro atoms. The third kappa shape index (κ3) is 4.53. The molecule has 4 rings (SSSR count). The van der Waals surface area contributed by atoms with E-state index >= 15 is 0 Å². The highest BCUT2D eigenvalue weighted by atomic mass is 16.5. The number of carbonyl (C=O) groups excluding carboxylic acids is 2. The summed E-state index contributed by atoms with van der Waals surface area (Å²) in [4.78, 5) is 40.3. The number of rotatable bonds is 5. The molecule has 4 aromatic rings. The van der Waals surface area contributed by atoms with Gasteiger partial charge in [-0.2, -0.15) is 0 Å². The van der Waals surface area contributed by atoms with Gasteiger partial charge in [-0.3, -0.25) is 5.32 Å². The maximum Gasteiger partial charge on any atom is 0.411 e. The lowest BCUT2D eigenvalue weighted by Crippen LogP contribution is -2.13. The number of para-hydroxylation sites is 1. The van der Waals surface area contributed by atoms with E-state index in [1.54, 1.807) is 31.2 Å². The minimum atomic E-state index is -0.614. The van der Waals surface area contributed by atoms with Crippen molar-refractivity contribution >= 4 is 39.6 Å². The molecule has 8 heteroatoms. The van der Waals surface area contributed by atoms with E-state index in [1.165, 1.54) is 12.1 Å². The van der Waals surface area contributed by atoms with E-state index < -0.39 is 17.7 Å². The Kier molecular flexibility index (Phi) is 5.61. The van der Waals surface area contributed by atoms with Gasteiger partial charge < -0.3 is 13.9 Å². The molecule has 0 aliphatic rings. The summed E-state index contributed by atoms with van der Waals surface area (Å²) >= 11 is 0. The van der Waals surface area contributed by atoms with Gasteiger partial charge in [0.25, 0.3) is 0 Å². The van der Waals surface area contributed by atoms with Crippen LogP contribution in [0.3, 0.4) is 0 Å². The van der Waals surface area contributed by atoms with E-state index in [-0.39, 0.29) is 24.5 Å². The van der Waals surface area contributed by atoms with Crippen LogP contribution in [0.4, 0.5) is 10.5 Å². The number of anilines is 1. The van der Waals surface area contributed by atoms with Crippen molar-refractivity contribution in [3.05, 3.63) is 82.3 Å². The quantitative estimate of drug-likeness (QED) is 0.381. The molecule has 0 atom stereocenters. The van der Waals surface area contributed by atoms with E-state index in [9.17, 15) is 14.4 Å². The molecule has 2 aromatic carbocycles. The smallest absolute Gasteiger partial charge is 0.411 e. The Labute approximate surface area is 176 Å². The van der Waals surface area contributed by atoms with Gasteiger partial charge in [0, 0.05) is 34.2 Å². The molecule has 0 saturated carbocycles. The van der Waals surface area contributed by atoms with Crippen molar-refractivity contribution in [2.75, 3.05) is 11.9 Å². The number of pyridine rings is 1. The average Bonchev–Trinajstić information content (AvgIpc) is 2.76. The molecular weight excluding hydrogens is 400 g/mol. The van der Waals surface area contributed by atoms with Crippen molar-refractivity contribution in [1.82, 2.24) is 4.98 Å². The number of hydrogen-bond acceptors (Lipinski definition) is 7. The van der Waals surface area contributed by atoms with Gasteiger partial charge in [-0.25, -0.2) is 19.4 Å². The number of aromatic nitrogens is 1. The van der Waals surface area contributed by atoms with E-state index in [2.05, 4.69) is 10.3 Å². The lowest BCUT2D eigenvalue weighted by molar-refractivity contribution is 0.0467. The number of ether oxygens (including phenoxy) is 2. The van der Waals surface area contributed by atoms with Crippen LogP contribution >= 0.6 is 0 Å². The number of carbonyl (C=O) groups is 2. The third-order valence-corrected chi connectivity index (χ3v) is 4.52. The van der Waals surface area contributed by atoms with Crippen LogP contribution in [0.5, 0.6) is 0 Å². The van der Waals surface area contributed by atoms with E-state index in [4.69, 9.17) is 13.9 Å². The Bertz CT molecular complexity index is 1340. The molecular formula is C23H18N2O6. The fraction of sp³-hybridized carbons (Fsp3) is 0.130. The van der Waals surface area contributed by atoms with E-state index in [0.29, 0.717) is 22.2 Å². The van der Waals surface area contributed by atoms with Gasteiger partial charge in [0.15, 0.2) is 0 Å². The number of benzene rings is 2. The first-order valence-corrected chi connectivity index (χ1v) is 9.57. The fourth-order valence-electron chi connectivity index (χ4n) is 3.11. The fourth-order valence-corrected chi connectivity index (χ4v) is 3.11. The first-order valence-electron chi connectivity index (χ1n) is 9.57. The molecule has 31 heavy (non-hydrogen) atoms. The molecule has 1 N–H and O–H groups in total. The molecule has 1 amide bonds. The second kappa shape index (κ2) is 8.66. The van der Waals surface area contributed by atoms with Crippen molar-refractivity contribution in [3.8, 4) is 0 Å². The topological polar surface area (TPSA) is 108 Å². The van der Waals surface area contributed by atoms with Crippen molar-refractivity contribution < 1.29 is 23.5 Å². The molecule has 0 saturated heterocycles. The molecule has 8 nitrogen and oxygen atoms in total. The van der Waals surface area contributed by atoms with Crippen molar-refractivity contribution in [3.63, 3.8) is 0 Å². The van der Waals surface area contributed by atoms with Crippen molar-refractivity contribution in [1.29, 1.82) is 0 Å². The zero-order valence-corrected chi connectivity index (χ0v) is 16.6. The van der Waals surface area contributed by atoms with Crippen molar-refractivity contribution in [2.45, 2.75) is 13.5 Å². The summed E-state index contributed by atoms with van der Waals surface area (Å²) in [6.07, 6.45) is -0.614. The number of esters is 1. The maximum absolute atomic E-state index is 12.5. The standard InChI is InChI=1S/C23H18N2O6/c1-2-29-23(28)24-16-8-9-17-15(11-21(26)31-20(17)12-16)13-30-22(27)19-10-7-14-5-3-4-6-18(14)25-19/h3-12H,2,13H2,1H3,(H,24,28). The van der Waals surface area contributed by atoms with Crippen LogP contribution in [0, 0.1) is 0 Å². The minimum Gasteiger partial charge on any atom is -0.456 e. The summed E-state index contributed by atoms with van der Waals surface area (Å²) in [6.45, 7) is 1.79. The SMILES string of the molecule is CCOC(=O)Nc1ccc2c(COC(=O)c3ccc4ccccc4n3)cc(=O)oc2c1. The van der Waals surface area contributed by atoms with E-state index in [1.807, 2.05) is 24.3 Å². The average molecular weight is 418 g/mol. The molecule has 0 bridgehead atoms. The number of hydrogen-bond donors (Lipinski definition) is 1. The monoisotopic (exact) mass is 418 g/mol. The molecule has 0 aliphatic carbocycles. The number of fused-ring (bicyclic) bond motifs is 2. The summed E-state index contributed by atoms with van der Waals surface area (Å²) < 4.78 is 15.4. The Hall–Kier alpha value is -4.20. The van der Waals surface area contributed by atoms with Gasteiger partial charge in [-0.05, 0) is 31.2 Å². The number of nitrogens with one attached hydrogen (secondary N) is 1. The first kappa shape index (κ1) is 20.1. The lowest BCUT2D eigenvalue weighted by atomic mass is 10.1. The molecule has 0 fully saturated rings. The normalized spacial score (nSPS) is 10.7. The molecule has 156 valence electrons. The highest BCUT2D eigenvalue weighted by Crippen LogP contribution is 2.22. The molecule has 2 heterocycles. The highest BCUT2D eigenvalue weighted by Gasteiger charge is 2.13. The summed E-state index contributed by atoms with van der Waals surface area (Å²) in [6, 6.07) is 16.9. The van der Waals surface area contributed by atoms with E-state index in [0.717, 1.165) is 5.39 Å². The van der Waals surface area contributed by atoms with Gasteiger partial charge in [-0.1, -0.05) is 24.3 Å². The molecule has 0 aliphatic heterocycles. The molecule has 0 radical (unpaired) electrons. The summed E-state index contributed by atoms with van der Waals surface area (Å²) in [5.41, 5.74) is 1.38. The number of nitrogens with zero attached hydrogens (tertiary/aromatic N) is 1. The van der Waals surface area contributed by atoms with Gasteiger partial charge in [-0.15, -0.1) is 0 Å². The highest BCUT2D eigenvalue weighted by molar-refractivity contribution is 5.92. The second-order valence-corrected chi connectivity index (χ2v) is 6.61. The Morgan fingerprint density at radius 1 is 1.03 bits per heavy atom. The maximum atomic E-state index is 12.5. The van der Waals surface area contributed by atoms with Gasteiger partial charge in [0.1, 0.15) is 17.9 Å². The van der Waals surface area contributed by atoms with Crippen LogP contribution in [-0.4, -0.2) is 23.7 Å². The Balaban J connectivity index is 1.55. The van der Waals surface area contributed by atoms with Crippen LogP contribution in [0.1, 0.15) is 23.0 Å². The number of amides is 1. The summed E-state index contributed by atoms with van der Waals surface area (Å²) in [5.74, 6) is -0.604.